The molecule has 1 aliphatic rings. The minimum absolute atomic E-state index is 0.0973. The van der Waals surface area contributed by atoms with Crippen molar-refractivity contribution in [2.75, 3.05) is 0 Å². The van der Waals surface area contributed by atoms with Gasteiger partial charge in [0.2, 0.25) is 0 Å². The molecular weight excluding hydrogens is 302 g/mol. The second-order valence-electron chi connectivity index (χ2n) is 6.34. The van der Waals surface area contributed by atoms with Crippen LogP contribution in [0.5, 0.6) is 0 Å². The van der Waals surface area contributed by atoms with Gasteiger partial charge in [0, 0.05) is 18.3 Å². The topological polar surface area (TPSA) is 73.5 Å². The summed E-state index contributed by atoms with van der Waals surface area (Å²) in [7, 11) is 0. The van der Waals surface area contributed by atoms with Crippen LogP contribution in [0.25, 0.3) is 5.69 Å². The molecule has 1 N–H and O–H groups in total. The number of benzene rings is 1. The highest BCUT2D eigenvalue weighted by Gasteiger charge is 2.29. The minimum atomic E-state index is 0.0973. The van der Waals surface area contributed by atoms with Crippen LogP contribution < -0.4 is 5.32 Å². The molecule has 0 bridgehead atoms. The van der Waals surface area contributed by atoms with Crippen LogP contribution in [0.15, 0.2) is 36.5 Å². The summed E-state index contributed by atoms with van der Waals surface area (Å²) in [5.74, 6) is 0.908. The van der Waals surface area contributed by atoms with E-state index in [2.05, 4.69) is 51.2 Å². The van der Waals surface area contributed by atoms with Gasteiger partial charge in [-0.05, 0) is 49.2 Å². The summed E-state index contributed by atoms with van der Waals surface area (Å²) in [5, 5.41) is 20.2. The van der Waals surface area contributed by atoms with Crippen molar-refractivity contribution in [3.05, 3.63) is 53.6 Å². The Morgan fingerprint density at radius 3 is 2.79 bits per heavy atom. The van der Waals surface area contributed by atoms with E-state index in [1.54, 1.807) is 0 Å². The Balaban J connectivity index is 1.46. The molecule has 4 rings (SSSR count). The lowest BCUT2D eigenvalue weighted by Gasteiger charge is -2.12. The quantitative estimate of drug-likeness (QED) is 0.754. The van der Waals surface area contributed by atoms with Gasteiger partial charge >= 0.3 is 0 Å². The third-order valence-electron chi connectivity index (χ3n) is 4.42. The molecule has 124 valence electrons. The highest BCUT2D eigenvalue weighted by molar-refractivity contribution is 5.32. The molecule has 1 fully saturated rings. The number of hydrogen-bond acceptors (Lipinski definition) is 5. The lowest BCUT2D eigenvalue weighted by atomic mass is 10.2. The third kappa shape index (κ3) is 2.94. The largest absolute Gasteiger partial charge is 0.303 e. The van der Waals surface area contributed by atoms with Crippen molar-refractivity contribution in [3.8, 4) is 5.69 Å². The fourth-order valence-corrected chi connectivity index (χ4v) is 2.80. The van der Waals surface area contributed by atoms with Gasteiger partial charge < -0.3 is 5.32 Å². The standard InChI is InChI=1S/C17H21N7/c1-12-14(11-23(20-12)15-6-4-3-5-7-15)10-18-13(2)17-19-21-22-24(17)16-8-9-16/h3-7,11,13,16,18H,8-10H2,1-2H3. The first kappa shape index (κ1) is 15.0. The van der Waals surface area contributed by atoms with Gasteiger partial charge in [-0.2, -0.15) is 5.10 Å². The van der Waals surface area contributed by atoms with Gasteiger partial charge in [-0.1, -0.05) is 18.2 Å². The van der Waals surface area contributed by atoms with Gasteiger partial charge in [-0.3, -0.25) is 0 Å². The fraction of sp³-hybridized carbons (Fsp3) is 0.412. The third-order valence-corrected chi connectivity index (χ3v) is 4.42. The van der Waals surface area contributed by atoms with Crippen molar-refractivity contribution in [3.63, 3.8) is 0 Å². The second-order valence-corrected chi connectivity index (χ2v) is 6.34. The van der Waals surface area contributed by atoms with Crippen LogP contribution in [0, 0.1) is 6.92 Å². The normalized spacial score (nSPS) is 15.6. The number of nitrogens with zero attached hydrogens (tertiary/aromatic N) is 6. The molecule has 2 heterocycles. The van der Waals surface area contributed by atoms with Crippen LogP contribution in [0.3, 0.4) is 0 Å². The Bertz CT molecular complexity index is 817. The maximum Gasteiger partial charge on any atom is 0.168 e. The summed E-state index contributed by atoms with van der Waals surface area (Å²) >= 11 is 0. The van der Waals surface area contributed by atoms with Crippen molar-refractivity contribution < 1.29 is 0 Å². The van der Waals surface area contributed by atoms with Gasteiger partial charge in [0.25, 0.3) is 0 Å². The Morgan fingerprint density at radius 1 is 1.25 bits per heavy atom. The molecule has 0 aliphatic heterocycles. The minimum Gasteiger partial charge on any atom is -0.303 e. The smallest absolute Gasteiger partial charge is 0.168 e. The Hall–Kier alpha value is -2.54. The van der Waals surface area contributed by atoms with Gasteiger partial charge in [-0.25, -0.2) is 9.36 Å². The van der Waals surface area contributed by atoms with E-state index in [1.165, 1.54) is 18.4 Å². The van der Waals surface area contributed by atoms with Gasteiger partial charge in [-0.15, -0.1) is 5.10 Å². The average Bonchev–Trinajstić information content (AvgIpc) is 3.21. The molecule has 3 aromatic rings. The van der Waals surface area contributed by atoms with Crippen molar-refractivity contribution in [1.82, 2.24) is 35.3 Å². The summed E-state index contributed by atoms with van der Waals surface area (Å²) in [4.78, 5) is 0. The SMILES string of the molecule is Cc1nn(-c2ccccc2)cc1CNC(C)c1nnnn1C1CC1. The van der Waals surface area contributed by atoms with Gasteiger partial charge in [0.15, 0.2) is 5.82 Å². The van der Waals surface area contributed by atoms with Crippen LogP contribution in [0.1, 0.15) is 48.9 Å². The zero-order chi connectivity index (χ0) is 16.5. The zero-order valence-electron chi connectivity index (χ0n) is 13.9. The van der Waals surface area contributed by atoms with Crippen molar-refractivity contribution >= 4 is 0 Å². The molecular formula is C17H21N7. The van der Waals surface area contributed by atoms with Crippen LogP contribution in [-0.2, 0) is 6.54 Å². The molecule has 7 nitrogen and oxygen atoms in total. The van der Waals surface area contributed by atoms with E-state index in [4.69, 9.17) is 0 Å². The Labute approximate surface area is 140 Å². The summed E-state index contributed by atoms with van der Waals surface area (Å²) < 4.78 is 3.88. The predicted octanol–water partition coefficient (Wildman–Crippen LogP) is 2.35. The molecule has 0 radical (unpaired) electrons. The highest BCUT2D eigenvalue weighted by Crippen LogP contribution is 2.35. The van der Waals surface area contributed by atoms with Crippen molar-refractivity contribution in [2.24, 2.45) is 0 Å². The maximum absolute atomic E-state index is 4.61. The number of para-hydroxylation sites is 1. The number of rotatable bonds is 6. The molecule has 0 amide bonds. The average molecular weight is 323 g/mol. The first-order valence-electron chi connectivity index (χ1n) is 8.34. The van der Waals surface area contributed by atoms with E-state index in [-0.39, 0.29) is 6.04 Å². The zero-order valence-corrected chi connectivity index (χ0v) is 13.9. The summed E-state index contributed by atoms with van der Waals surface area (Å²) in [6.45, 7) is 4.87. The van der Waals surface area contributed by atoms with Gasteiger partial charge in [0.1, 0.15) is 0 Å². The maximum atomic E-state index is 4.61. The first-order valence-corrected chi connectivity index (χ1v) is 8.34. The van der Waals surface area contributed by atoms with E-state index in [0.29, 0.717) is 6.04 Å². The number of tetrazole rings is 1. The molecule has 7 heteroatoms. The molecule has 1 saturated carbocycles. The van der Waals surface area contributed by atoms with E-state index in [1.807, 2.05) is 34.5 Å². The summed E-state index contributed by atoms with van der Waals surface area (Å²) in [5.41, 5.74) is 3.27. The van der Waals surface area contributed by atoms with E-state index in [9.17, 15) is 0 Å². The summed E-state index contributed by atoms with van der Waals surface area (Å²) in [6.07, 6.45) is 4.43. The van der Waals surface area contributed by atoms with E-state index >= 15 is 0 Å². The highest BCUT2D eigenvalue weighted by atomic mass is 15.6. The van der Waals surface area contributed by atoms with E-state index in [0.717, 1.165) is 23.8 Å². The van der Waals surface area contributed by atoms with E-state index < -0.39 is 0 Å². The Morgan fingerprint density at radius 2 is 2.04 bits per heavy atom. The van der Waals surface area contributed by atoms with Crippen molar-refractivity contribution in [1.29, 1.82) is 0 Å². The van der Waals surface area contributed by atoms with Crippen LogP contribution in [0.4, 0.5) is 0 Å². The predicted molar refractivity (Wildman–Crippen MR) is 89.6 cm³/mol. The fourth-order valence-electron chi connectivity index (χ4n) is 2.80. The molecule has 1 aromatic carbocycles. The molecule has 0 spiro atoms. The Kier molecular flexibility index (Phi) is 3.86. The van der Waals surface area contributed by atoms with Crippen LogP contribution >= 0.6 is 0 Å². The lowest BCUT2D eigenvalue weighted by molar-refractivity contribution is 0.490. The van der Waals surface area contributed by atoms with Crippen molar-refractivity contribution in [2.45, 2.75) is 45.3 Å². The lowest BCUT2D eigenvalue weighted by Crippen LogP contribution is -2.22. The molecule has 1 aliphatic carbocycles. The number of hydrogen-bond donors (Lipinski definition) is 1. The summed E-state index contributed by atoms with van der Waals surface area (Å²) in [6, 6.07) is 10.7. The molecule has 2 aromatic heterocycles. The van der Waals surface area contributed by atoms with Crippen LogP contribution in [-0.4, -0.2) is 30.0 Å². The monoisotopic (exact) mass is 323 g/mol. The molecule has 0 saturated heterocycles. The first-order chi connectivity index (χ1) is 11.7. The number of aryl methyl sites for hydroxylation is 1. The second kappa shape index (κ2) is 6.16. The molecule has 24 heavy (non-hydrogen) atoms. The van der Waals surface area contributed by atoms with Gasteiger partial charge in [0.05, 0.1) is 23.5 Å². The molecule has 1 unspecified atom stereocenters. The number of nitrogens with one attached hydrogen (secondary N) is 1. The number of aromatic nitrogens is 6. The molecule has 1 atom stereocenters. The van der Waals surface area contributed by atoms with Crippen LogP contribution in [0.2, 0.25) is 0 Å².